The fourth-order valence-electron chi connectivity index (χ4n) is 2.95. The normalized spacial score (nSPS) is 28.5. The van der Waals surface area contributed by atoms with Crippen molar-refractivity contribution in [3.63, 3.8) is 0 Å². The Bertz CT molecular complexity index is 465. The molecule has 1 saturated carbocycles. The van der Waals surface area contributed by atoms with Crippen LogP contribution in [0.1, 0.15) is 44.1 Å². The van der Waals surface area contributed by atoms with Crippen molar-refractivity contribution in [2.24, 2.45) is 5.92 Å². The summed E-state index contributed by atoms with van der Waals surface area (Å²) in [5, 5.41) is 9.31. The fourth-order valence-corrected chi connectivity index (χ4v) is 4.66. The van der Waals surface area contributed by atoms with Gasteiger partial charge in [-0.05, 0) is 37.2 Å². The van der Waals surface area contributed by atoms with Gasteiger partial charge in [-0.15, -0.1) is 0 Å². The van der Waals surface area contributed by atoms with Crippen LogP contribution in [0.4, 0.5) is 0 Å². The standard InChI is InChI=1S/C16H21NOS/c1-2-10-19(18)16-11-14(8-9-15(16)12-17)13-6-4-3-5-7-13/h3-7,14-16H,2,8-11H2,1H3. The largest absolute Gasteiger partial charge is 0.259 e. The first-order valence-electron chi connectivity index (χ1n) is 7.08. The van der Waals surface area contributed by atoms with Crippen LogP contribution < -0.4 is 0 Å². The van der Waals surface area contributed by atoms with Crippen molar-refractivity contribution in [2.75, 3.05) is 5.75 Å². The lowest BCUT2D eigenvalue weighted by molar-refractivity contribution is 0.387. The van der Waals surface area contributed by atoms with Gasteiger partial charge >= 0.3 is 0 Å². The number of nitriles is 1. The Hall–Kier alpha value is -1.14. The zero-order valence-electron chi connectivity index (χ0n) is 11.4. The average molecular weight is 275 g/mol. The number of hydrogen-bond donors (Lipinski definition) is 0. The molecule has 0 aliphatic heterocycles. The molecule has 1 aliphatic rings. The highest BCUT2D eigenvalue weighted by Crippen LogP contribution is 2.38. The molecule has 0 heterocycles. The molecule has 2 rings (SSSR count). The first kappa shape index (κ1) is 14.3. The van der Waals surface area contributed by atoms with E-state index in [0.29, 0.717) is 5.92 Å². The second-order valence-electron chi connectivity index (χ2n) is 5.28. The van der Waals surface area contributed by atoms with Crippen LogP contribution in [0.2, 0.25) is 0 Å². The Morgan fingerprint density at radius 2 is 2.05 bits per heavy atom. The first-order chi connectivity index (χ1) is 9.26. The molecule has 0 bridgehead atoms. The lowest BCUT2D eigenvalue weighted by Gasteiger charge is -2.32. The predicted octanol–water partition coefficient (Wildman–Crippen LogP) is 3.62. The molecule has 1 aromatic carbocycles. The lowest BCUT2D eigenvalue weighted by Crippen LogP contribution is -2.32. The molecule has 0 radical (unpaired) electrons. The van der Waals surface area contributed by atoms with Gasteiger partial charge in [-0.3, -0.25) is 4.21 Å². The minimum absolute atomic E-state index is 0.0210. The summed E-state index contributed by atoms with van der Waals surface area (Å²) in [6.07, 6.45) is 3.75. The van der Waals surface area contributed by atoms with E-state index in [0.717, 1.165) is 31.4 Å². The summed E-state index contributed by atoms with van der Waals surface area (Å²) in [5.74, 6) is 1.17. The maximum Gasteiger partial charge on any atom is 0.0668 e. The molecule has 1 aromatic rings. The highest BCUT2D eigenvalue weighted by Gasteiger charge is 2.34. The quantitative estimate of drug-likeness (QED) is 0.842. The van der Waals surface area contributed by atoms with Gasteiger partial charge in [0.15, 0.2) is 0 Å². The Labute approximate surface area is 118 Å². The summed E-state index contributed by atoms with van der Waals surface area (Å²) in [4.78, 5) is 0. The van der Waals surface area contributed by atoms with Crippen molar-refractivity contribution in [3.8, 4) is 6.07 Å². The smallest absolute Gasteiger partial charge is 0.0668 e. The molecule has 0 spiro atoms. The van der Waals surface area contributed by atoms with E-state index in [1.807, 2.05) is 6.07 Å². The maximum absolute atomic E-state index is 12.3. The third kappa shape index (κ3) is 3.45. The molecule has 4 unspecified atom stereocenters. The second kappa shape index (κ2) is 6.86. The highest BCUT2D eigenvalue weighted by molar-refractivity contribution is 7.85. The van der Waals surface area contributed by atoms with Crippen LogP contribution in [0, 0.1) is 17.2 Å². The number of rotatable bonds is 4. The third-order valence-corrected chi connectivity index (χ3v) is 5.98. The molecule has 0 N–H and O–H groups in total. The summed E-state index contributed by atoms with van der Waals surface area (Å²) in [5.41, 5.74) is 1.33. The molecule has 1 fully saturated rings. The van der Waals surface area contributed by atoms with Gasteiger partial charge in [0.2, 0.25) is 0 Å². The van der Waals surface area contributed by atoms with Crippen LogP contribution in [-0.4, -0.2) is 15.2 Å². The Morgan fingerprint density at radius 3 is 2.68 bits per heavy atom. The number of hydrogen-bond acceptors (Lipinski definition) is 2. The first-order valence-corrected chi connectivity index (χ1v) is 8.46. The van der Waals surface area contributed by atoms with Crippen LogP contribution in [0.5, 0.6) is 0 Å². The summed E-state index contributed by atoms with van der Waals surface area (Å²) >= 11 is 0. The van der Waals surface area contributed by atoms with E-state index in [1.165, 1.54) is 5.56 Å². The van der Waals surface area contributed by atoms with E-state index in [4.69, 9.17) is 0 Å². The SMILES string of the molecule is CCCS(=O)C1CC(c2ccccc2)CCC1C#N. The molecular weight excluding hydrogens is 254 g/mol. The van der Waals surface area contributed by atoms with E-state index < -0.39 is 10.8 Å². The van der Waals surface area contributed by atoms with Crippen LogP contribution >= 0.6 is 0 Å². The fraction of sp³-hybridized carbons (Fsp3) is 0.562. The van der Waals surface area contributed by atoms with E-state index in [2.05, 4.69) is 37.3 Å². The highest BCUT2D eigenvalue weighted by atomic mass is 32.2. The molecule has 3 heteroatoms. The molecule has 1 aliphatic carbocycles. The van der Waals surface area contributed by atoms with Gasteiger partial charge in [0.1, 0.15) is 0 Å². The monoisotopic (exact) mass is 275 g/mol. The van der Waals surface area contributed by atoms with E-state index in [1.54, 1.807) is 0 Å². The van der Waals surface area contributed by atoms with Crippen molar-refractivity contribution in [1.29, 1.82) is 5.26 Å². The Kier molecular flexibility index (Phi) is 5.15. The Balaban J connectivity index is 2.12. The predicted molar refractivity (Wildman–Crippen MR) is 79.2 cm³/mol. The van der Waals surface area contributed by atoms with Crippen molar-refractivity contribution in [3.05, 3.63) is 35.9 Å². The molecule has 4 atom stereocenters. The summed E-state index contributed by atoms with van der Waals surface area (Å²) in [6, 6.07) is 12.8. The van der Waals surface area contributed by atoms with Crippen LogP contribution in [0.25, 0.3) is 0 Å². The lowest BCUT2D eigenvalue weighted by atomic mass is 9.79. The van der Waals surface area contributed by atoms with Gasteiger partial charge in [0.05, 0.1) is 17.2 Å². The van der Waals surface area contributed by atoms with Crippen molar-refractivity contribution < 1.29 is 4.21 Å². The number of nitrogens with zero attached hydrogens (tertiary/aromatic N) is 1. The second-order valence-corrected chi connectivity index (χ2v) is 7.05. The minimum atomic E-state index is -0.853. The molecule has 2 nitrogen and oxygen atoms in total. The molecule has 102 valence electrons. The van der Waals surface area contributed by atoms with Gasteiger partial charge < -0.3 is 0 Å². The van der Waals surface area contributed by atoms with Gasteiger partial charge in [0.25, 0.3) is 0 Å². The molecule has 0 saturated heterocycles. The summed E-state index contributed by atoms with van der Waals surface area (Å²) in [7, 11) is -0.853. The molecule has 19 heavy (non-hydrogen) atoms. The summed E-state index contributed by atoms with van der Waals surface area (Å²) in [6.45, 7) is 2.05. The topological polar surface area (TPSA) is 40.9 Å². The zero-order chi connectivity index (χ0) is 13.7. The van der Waals surface area contributed by atoms with E-state index in [9.17, 15) is 9.47 Å². The van der Waals surface area contributed by atoms with Crippen molar-refractivity contribution in [1.82, 2.24) is 0 Å². The Morgan fingerprint density at radius 1 is 1.32 bits per heavy atom. The van der Waals surface area contributed by atoms with Gasteiger partial charge in [-0.25, -0.2) is 0 Å². The summed E-state index contributed by atoms with van der Waals surface area (Å²) < 4.78 is 12.3. The minimum Gasteiger partial charge on any atom is -0.259 e. The van der Waals surface area contributed by atoms with E-state index >= 15 is 0 Å². The van der Waals surface area contributed by atoms with Crippen LogP contribution in [0.3, 0.4) is 0 Å². The van der Waals surface area contributed by atoms with Crippen LogP contribution in [0.15, 0.2) is 30.3 Å². The third-order valence-electron chi connectivity index (χ3n) is 3.97. The maximum atomic E-state index is 12.3. The molecule has 0 aromatic heterocycles. The van der Waals surface area contributed by atoms with Crippen molar-refractivity contribution >= 4 is 10.8 Å². The van der Waals surface area contributed by atoms with Gasteiger partial charge in [-0.1, -0.05) is 37.3 Å². The molecule has 0 amide bonds. The van der Waals surface area contributed by atoms with E-state index in [-0.39, 0.29) is 11.2 Å². The van der Waals surface area contributed by atoms with Gasteiger partial charge in [-0.2, -0.15) is 5.26 Å². The molecular formula is C16H21NOS. The van der Waals surface area contributed by atoms with Crippen LogP contribution in [-0.2, 0) is 10.8 Å². The zero-order valence-corrected chi connectivity index (χ0v) is 12.2. The average Bonchev–Trinajstić information content (AvgIpc) is 2.47. The van der Waals surface area contributed by atoms with Crippen molar-refractivity contribution in [2.45, 2.75) is 43.8 Å². The van der Waals surface area contributed by atoms with Gasteiger partial charge in [0, 0.05) is 16.6 Å². The number of benzene rings is 1.